The number of carbonyl (C=O) groups is 1. The zero-order chi connectivity index (χ0) is 15.3. The van der Waals surface area contributed by atoms with Crippen LogP contribution in [0, 0.1) is 5.92 Å². The molecule has 0 radical (unpaired) electrons. The predicted molar refractivity (Wildman–Crippen MR) is 86.7 cm³/mol. The lowest BCUT2D eigenvalue weighted by molar-refractivity contribution is -0.119. The minimum absolute atomic E-state index is 0.0277. The van der Waals surface area contributed by atoms with Gasteiger partial charge in [0.2, 0.25) is 5.91 Å². The van der Waals surface area contributed by atoms with Crippen LogP contribution in [0.4, 0.5) is 5.69 Å². The molecule has 2 aromatic carbocycles. The molecular weight excluding hydrogens is 298 g/mol. The molecular formula is C17H17NO3S. The number of rotatable bonds is 2. The predicted octanol–water partition coefficient (Wildman–Crippen LogP) is 2.31. The number of hydrogen-bond acceptors (Lipinski definition) is 3. The Hall–Kier alpha value is -1.88. The third kappa shape index (κ3) is 2.20. The first kappa shape index (κ1) is 13.8. The highest BCUT2D eigenvalue weighted by molar-refractivity contribution is 7.91. The fourth-order valence-corrected chi connectivity index (χ4v) is 5.33. The summed E-state index contributed by atoms with van der Waals surface area (Å²) in [6, 6.07) is 10.2. The van der Waals surface area contributed by atoms with E-state index in [1.807, 2.05) is 18.2 Å². The van der Waals surface area contributed by atoms with Crippen LogP contribution in [0.3, 0.4) is 0 Å². The molecule has 4 rings (SSSR count). The summed E-state index contributed by atoms with van der Waals surface area (Å²) >= 11 is 0. The average Bonchev–Trinajstić information content (AvgIpc) is 3.07. The summed E-state index contributed by atoms with van der Waals surface area (Å²) < 4.78 is 23.1. The Balaban J connectivity index is 1.67. The van der Waals surface area contributed by atoms with Crippen molar-refractivity contribution in [3.05, 3.63) is 41.5 Å². The first-order valence-corrected chi connectivity index (χ1v) is 9.40. The molecule has 0 aromatic heterocycles. The van der Waals surface area contributed by atoms with E-state index in [9.17, 15) is 13.2 Å². The van der Waals surface area contributed by atoms with Crippen LogP contribution < -0.4 is 5.32 Å². The third-order valence-corrected chi connectivity index (χ3v) is 6.51. The maximum absolute atomic E-state index is 12.4. The van der Waals surface area contributed by atoms with Crippen molar-refractivity contribution >= 4 is 32.2 Å². The second kappa shape index (κ2) is 4.81. The van der Waals surface area contributed by atoms with E-state index in [1.165, 1.54) is 16.5 Å². The summed E-state index contributed by atoms with van der Waals surface area (Å²) in [5.41, 5.74) is 3.44. The van der Waals surface area contributed by atoms with E-state index in [-0.39, 0.29) is 17.4 Å². The zero-order valence-corrected chi connectivity index (χ0v) is 12.9. The Kier molecular flexibility index (Phi) is 3.01. The van der Waals surface area contributed by atoms with E-state index in [0.29, 0.717) is 6.42 Å². The normalized spacial score (nSPS) is 22.1. The Morgan fingerprint density at radius 3 is 2.59 bits per heavy atom. The maximum Gasteiger partial charge on any atom is 0.228 e. The number of aryl methyl sites for hydroxylation is 2. The molecule has 1 unspecified atom stereocenters. The van der Waals surface area contributed by atoms with Gasteiger partial charge in [0.25, 0.3) is 0 Å². The molecule has 4 nitrogen and oxygen atoms in total. The topological polar surface area (TPSA) is 63.2 Å². The molecule has 1 fully saturated rings. The van der Waals surface area contributed by atoms with Gasteiger partial charge in [-0.15, -0.1) is 0 Å². The van der Waals surface area contributed by atoms with Gasteiger partial charge in [-0.2, -0.15) is 0 Å². The molecule has 0 bridgehead atoms. The largest absolute Gasteiger partial charge is 0.325 e. The molecule has 0 spiro atoms. The van der Waals surface area contributed by atoms with Crippen LogP contribution in [0.15, 0.2) is 30.3 Å². The molecule has 2 aliphatic rings. The highest BCUT2D eigenvalue weighted by atomic mass is 32.2. The quantitative estimate of drug-likeness (QED) is 0.925. The number of nitrogens with one attached hydrogen (secondary N) is 1. The molecule has 1 atom stereocenters. The van der Waals surface area contributed by atoms with E-state index >= 15 is 0 Å². The van der Waals surface area contributed by atoms with Gasteiger partial charge < -0.3 is 5.32 Å². The lowest BCUT2D eigenvalue weighted by Gasteiger charge is -2.13. The Morgan fingerprint density at radius 2 is 1.86 bits per heavy atom. The lowest BCUT2D eigenvalue weighted by atomic mass is 10.0. The summed E-state index contributed by atoms with van der Waals surface area (Å²) in [6.07, 6.45) is 2.52. The van der Waals surface area contributed by atoms with Gasteiger partial charge in [-0.3, -0.25) is 4.79 Å². The summed E-state index contributed by atoms with van der Waals surface area (Å²) in [5, 5.41) is 5.25. The fraction of sp³-hybridized carbons (Fsp3) is 0.353. The number of hydrogen-bond donors (Lipinski definition) is 1. The van der Waals surface area contributed by atoms with Gasteiger partial charge in [-0.05, 0) is 41.8 Å². The Labute approximate surface area is 129 Å². The molecule has 0 saturated carbocycles. The van der Waals surface area contributed by atoms with E-state index in [1.54, 1.807) is 0 Å². The van der Waals surface area contributed by atoms with Gasteiger partial charge >= 0.3 is 0 Å². The van der Waals surface area contributed by atoms with E-state index in [4.69, 9.17) is 0 Å². The van der Waals surface area contributed by atoms with Crippen LogP contribution in [0.1, 0.15) is 17.5 Å². The molecule has 2 aromatic rings. The molecule has 1 N–H and O–H groups in total. The first-order chi connectivity index (χ1) is 10.5. The molecule has 1 amide bonds. The third-order valence-electron chi connectivity index (χ3n) is 4.74. The maximum atomic E-state index is 12.4. The molecule has 5 heteroatoms. The van der Waals surface area contributed by atoms with Crippen molar-refractivity contribution in [2.45, 2.75) is 19.3 Å². The van der Waals surface area contributed by atoms with Crippen molar-refractivity contribution in [1.29, 1.82) is 0 Å². The van der Waals surface area contributed by atoms with E-state index in [2.05, 4.69) is 17.4 Å². The molecule has 1 aliphatic heterocycles. The van der Waals surface area contributed by atoms with Crippen molar-refractivity contribution in [3.8, 4) is 0 Å². The number of anilines is 1. The minimum atomic E-state index is -3.04. The molecule has 1 aliphatic carbocycles. The number of sulfone groups is 1. The Morgan fingerprint density at radius 1 is 1.09 bits per heavy atom. The van der Waals surface area contributed by atoms with Gasteiger partial charge in [-0.1, -0.05) is 24.3 Å². The Bertz CT molecular complexity index is 876. The van der Waals surface area contributed by atoms with Crippen molar-refractivity contribution in [1.82, 2.24) is 0 Å². The highest BCUT2D eigenvalue weighted by Gasteiger charge is 2.33. The van der Waals surface area contributed by atoms with Gasteiger partial charge in [-0.25, -0.2) is 8.42 Å². The monoisotopic (exact) mass is 315 g/mol. The zero-order valence-electron chi connectivity index (χ0n) is 12.1. The van der Waals surface area contributed by atoms with Gasteiger partial charge in [0.05, 0.1) is 17.4 Å². The average molecular weight is 315 g/mol. The van der Waals surface area contributed by atoms with Crippen LogP contribution in [0.25, 0.3) is 10.8 Å². The van der Waals surface area contributed by atoms with Crippen molar-refractivity contribution in [2.75, 3.05) is 16.8 Å². The van der Waals surface area contributed by atoms with E-state index in [0.717, 1.165) is 23.9 Å². The number of carbonyl (C=O) groups excluding carboxylic acids is 1. The molecule has 1 saturated heterocycles. The van der Waals surface area contributed by atoms with Crippen molar-refractivity contribution in [2.24, 2.45) is 5.92 Å². The summed E-state index contributed by atoms with van der Waals surface area (Å²) in [5.74, 6) is -0.512. The van der Waals surface area contributed by atoms with Gasteiger partial charge in [0, 0.05) is 11.1 Å². The molecule has 22 heavy (non-hydrogen) atoms. The second-order valence-electron chi connectivity index (χ2n) is 6.20. The van der Waals surface area contributed by atoms with Crippen molar-refractivity contribution in [3.63, 3.8) is 0 Å². The highest BCUT2D eigenvalue weighted by Crippen LogP contribution is 2.35. The molecule has 1 heterocycles. The first-order valence-electron chi connectivity index (χ1n) is 7.58. The van der Waals surface area contributed by atoms with Gasteiger partial charge in [0.1, 0.15) is 0 Å². The van der Waals surface area contributed by atoms with E-state index < -0.39 is 15.8 Å². The van der Waals surface area contributed by atoms with Crippen LogP contribution in [0.2, 0.25) is 0 Å². The summed E-state index contributed by atoms with van der Waals surface area (Å²) in [7, 11) is -3.04. The lowest BCUT2D eigenvalue weighted by Crippen LogP contribution is -2.23. The summed E-state index contributed by atoms with van der Waals surface area (Å²) in [4.78, 5) is 12.4. The van der Waals surface area contributed by atoms with Gasteiger partial charge in [0.15, 0.2) is 9.84 Å². The van der Waals surface area contributed by atoms with Crippen LogP contribution >= 0.6 is 0 Å². The smallest absolute Gasteiger partial charge is 0.228 e. The fourth-order valence-electron chi connectivity index (χ4n) is 3.59. The molecule has 114 valence electrons. The summed E-state index contributed by atoms with van der Waals surface area (Å²) in [6.45, 7) is 0. The SMILES string of the molecule is O=C(Nc1ccc2c3c(cccc13)CC2)C1CCS(=O)(=O)C1. The number of amides is 1. The van der Waals surface area contributed by atoms with Crippen LogP contribution in [0.5, 0.6) is 0 Å². The standard InChI is InChI=1S/C17H17NO3S/c19-17(13-8-9-22(20,21)10-13)18-15-7-6-12-5-4-11-2-1-3-14(15)16(11)12/h1-3,6-7,13H,4-5,8-10H2,(H,18,19). The van der Waals surface area contributed by atoms with Crippen LogP contribution in [-0.4, -0.2) is 25.8 Å². The second-order valence-corrected chi connectivity index (χ2v) is 8.43. The number of benzene rings is 2. The van der Waals surface area contributed by atoms with Crippen molar-refractivity contribution < 1.29 is 13.2 Å². The van der Waals surface area contributed by atoms with Crippen LogP contribution in [-0.2, 0) is 27.5 Å². The minimum Gasteiger partial charge on any atom is -0.325 e.